The van der Waals surface area contributed by atoms with Crippen LogP contribution in [0.3, 0.4) is 0 Å². The van der Waals surface area contributed by atoms with E-state index in [4.69, 9.17) is 8.39 Å². The third-order valence-corrected chi connectivity index (χ3v) is 4.86. The van der Waals surface area contributed by atoms with Gasteiger partial charge in [-0.3, -0.25) is 4.89 Å². The van der Waals surface area contributed by atoms with Gasteiger partial charge in [0.2, 0.25) is 0 Å². The molecule has 0 fully saturated rings. The number of rotatable bonds is 2. The third-order valence-electron chi connectivity index (χ3n) is 4.16. The normalized spacial score (nSPS) is 11.8. The quantitative estimate of drug-likeness (QED) is 0.456. The molecule has 0 aliphatic carbocycles. The zero-order valence-electron chi connectivity index (χ0n) is 12.9. The van der Waals surface area contributed by atoms with Gasteiger partial charge in [0.05, 0.1) is 0 Å². The lowest BCUT2D eigenvalue weighted by atomic mass is 9.96. The fourth-order valence-corrected chi connectivity index (χ4v) is 3.80. The van der Waals surface area contributed by atoms with Crippen LogP contribution in [0.25, 0.3) is 44.9 Å². The largest absolute Gasteiger partial charge is 0.399 e. The molecule has 1 unspecified atom stereocenters. The highest BCUT2D eigenvalue weighted by molar-refractivity contribution is 7.30. The fraction of sp³-hybridized carbons (Fsp3) is 0. The van der Waals surface area contributed by atoms with E-state index < -0.39 is 8.24 Å². The first kappa shape index (κ1) is 14.8. The zero-order chi connectivity index (χ0) is 16.7. The van der Waals surface area contributed by atoms with Gasteiger partial charge in [-0.1, -0.05) is 61.7 Å². The van der Waals surface area contributed by atoms with Crippen molar-refractivity contribution in [3.8, 4) is 0 Å². The Morgan fingerprint density at radius 1 is 0.833 bits per heavy atom. The van der Waals surface area contributed by atoms with Gasteiger partial charge in [0.1, 0.15) is 11.2 Å². The summed E-state index contributed by atoms with van der Waals surface area (Å²) < 4.78 is 11.3. The smallest absolute Gasteiger partial charge is 0.384 e. The van der Waals surface area contributed by atoms with Gasteiger partial charge in [0, 0.05) is 10.8 Å². The van der Waals surface area contributed by atoms with Crippen LogP contribution in [0.1, 0.15) is 11.1 Å². The Hall–Kier alpha value is -2.74. The molecule has 4 rings (SSSR count). The van der Waals surface area contributed by atoms with Crippen LogP contribution in [0.2, 0.25) is 0 Å². The Balaban J connectivity index is 2.45. The first-order valence-corrected chi connectivity index (χ1v) is 8.65. The monoisotopic (exact) mass is 334 g/mol. The maximum atomic E-state index is 10.1. The molecule has 4 heteroatoms. The van der Waals surface area contributed by atoms with Gasteiger partial charge in [-0.2, -0.15) is 0 Å². The van der Waals surface area contributed by atoms with Crippen molar-refractivity contribution >= 4 is 53.1 Å². The van der Waals surface area contributed by atoms with Gasteiger partial charge in [-0.15, -0.1) is 0 Å². The lowest BCUT2D eigenvalue weighted by Crippen LogP contribution is -1.85. The molecule has 24 heavy (non-hydrogen) atoms. The van der Waals surface area contributed by atoms with E-state index in [-0.39, 0.29) is 0 Å². The second-order valence-electron chi connectivity index (χ2n) is 5.43. The predicted octanol–water partition coefficient (Wildman–Crippen LogP) is 6.48. The highest BCUT2D eigenvalue weighted by Gasteiger charge is 2.13. The van der Waals surface area contributed by atoms with Crippen molar-refractivity contribution in [2.24, 2.45) is 0 Å². The van der Waals surface area contributed by atoms with E-state index in [2.05, 4.69) is 13.2 Å². The molecule has 0 spiro atoms. The SMILES string of the molecule is C=Cc1ccc2op(O)oc3ccc4ccccc4c3c2c1C=C. The van der Waals surface area contributed by atoms with E-state index in [0.29, 0.717) is 11.2 Å². The minimum Gasteiger partial charge on any atom is -0.399 e. The topological polar surface area (TPSA) is 46.5 Å². The third kappa shape index (κ3) is 2.18. The van der Waals surface area contributed by atoms with Crippen molar-refractivity contribution < 1.29 is 13.3 Å². The van der Waals surface area contributed by atoms with Crippen LogP contribution in [0, 0.1) is 0 Å². The molecule has 0 saturated heterocycles. The maximum Gasteiger partial charge on any atom is 0.384 e. The molecule has 0 bridgehead atoms. The van der Waals surface area contributed by atoms with Crippen LogP contribution in [0.4, 0.5) is 0 Å². The molecule has 0 aliphatic heterocycles. The lowest BCUT2D eigenvalue weighted by molar-refractivity contribution is 0.495. The van der Waals surface area contributed by atoms with Gasteiger partial charge in [0.15, 0.2) is 0 Å². The van der Waals surface area contributed by atoms with E-state index in [1.807, 2.05) is 48.5 Å². The molecule has 0 aliphatic rings. The average molecular weight is 334 g/mol. The molecule has 1 atom stereocenters. The fourth-order valence-electron chi connectivity index (χ4n) is 3.12. The van der Waals surface area contributed by atoms with Crippen molar-refractivity contribution in [3.63, 3.8) is 0 Å². The van der Waals surface area contributed by atoms with E-state index >= 15 is 0 Å². The Morgan fingerprint density at radius 2 is 1.54 bits per heavy atom. The summed E-state index contributed by atoms with van der Waals surface area (Å²) in [7, 11) is -2.04. The first-order chi connectivity index (χ1) is 11.7. The summed E-state index contributed by atoms with van der Waals surface area (Å²) in [6, 6.07) is 15.7. The van der Waals surface area contributed by atoms with Crippen LogP contribution in [0.15, 0.2) is 70.1 Å². The minimum absolute atomic E-state index is 0.583. The number of hydrogen-bond acceptors (Lipinski definition) is 3. The molecule has 0 saturated carbocycles. The van der Waals surface area contributed by atoms with Crippen LogP contribution in [-0.2, 0) is 0 Å². The summed E-state index contributed by atoms with van der Waals surface area (Å²) in [5, 5.41) is 3.90. The Morgan fingerprint density at radius 3 is 2.29 bits per heavy atom. The van der Waals surface area contributed by atoms with Gasteiger partial charge in [-0.25, -0.2) is 0 Å². The van der Waals surface area contributed by atoms with E-state index in [1.165, 1.54) is 0 Å². The van der Waals surface area contributed by atoms with Crippen LogP contribution >= 0.6 is 8.24 Å². The minimum atomic E-state index is -2.04. The van der Waals surface area contributed by atoms with Crippen LogP contribution in [-0.4, -0.2) is 4.89 Å². The predicted molar refractivity (Wildman–Crippen MR) is 102 cm³/mol. The highest BCUT2D eigenvalue weighted by Crippen LogP contribution is 2.39. The summed E-state index contributed by atoms with van der Waals surface area (Å²) in [5.74, 6) is 0. The molecule has 3 aromatic carbocycles. The summed E-state index contributed by atoms with van der Waals surface area (Å²) in [6.07, 6.45) is 3.57. The van der Waals surface area contributed by atoms with E-state index in [1.54, 1.807) is 12.2 Å². The first-order valence-electron chi connectivity index (χ1n) is 7.52. The van der Waals surface area contributed by atoms with Gasteiger partial charge >= 0.3 is 8.24 Å². The Kier molecular flexibility index (Phi) is 3.53. The lowest BCUT2D eigenvalue weighted by Gasteiger charge is -2.07. The number of hydrogen-bond donors (Lipinski definition) is 1. The van der Waals surface area contributed by atoms with Crippen LogP contribution < -0.4 is 0 Å². The summed E-state index contributed by atoms with van der Waals surface area (Å²) in [6.45, 7) is 7.83. The van der Waals surface area contributed by atoms with Gasteiger partial charge in [0.25, 0.3) is 0 Å². The molecule has 3 nitrogen and oxygen atoms in total. The molecule has 0 amide bonds. The molecule has 1 heterocycles. The number of benzene rings is 3. The van der Waals surface area contributed by atoms with Gasteiger partial charge in [-0.05, 0) is 34.0 Å². The van der Waals surface area contributed by atoms with Crippen molar-refractivity contribution in [3.05, 3.63) is 72.8 Å². The average Bonchev–Trinajstić information content (AvgIpc) is 2.76. The van der Waals surface area contributed by atoms with Crippen molar-refractivity contribution in [1.29, 1.82) is 0 Å². The summed E-state index contributed by atoms with van der Waals surface area (Å²) >= 11 is 0. The Bertz CT molecular complexity index is 1160. The molecular formula is C20H15O3P. The van der Waals surface area contributed by atoms with E-state index in [9.17, 15) is 4.89 Å². The van der Waals surface area contributed by atoms with E-state index in [0.717, 1.165) is 32.7 Å². The van der Waals surface area contributed by atoms with Crippen molar-refractivity contribution in [2.75, 3.05) is 0 Å². The van der Waals surface area contributed by atoms with Crippen LogP contribution in [0.5, 0.6) is 0 Å². The van der Waals surface area contributed by atoms with Gasteiger partial charge < -0.3 is 8.39 Å². The maximum absolute atomic E-state index is 10.1. The second-order valence-corrected chi connectivity index (χ2v) is 6.27. The summed E-state index contributed by atoms with van der Waals surface area (Å²) in [4.78, 5) is 10.1. The Labute approximate surface area is 139 Å². The summed E-state index contributed by atoms with van der Waals surface area (Å²) in [5.41, 5.74) is 3.05. The number of fused-ring (bicyclic) bond motifs is 5. The highest BCUT2D eigenvalue weighted by atomic mass is 31.1. The van der Waals surface area contributed by atoms with Crippen molar-refractivity contribution in [1.82, 2.24) is 0 Å². The zero-order valence-corrected chi connectivity index (χ0v) is 13.8. The standard InChI is InChI=1S/C20H15O3P/c1-3-13-9-11-17-19(15(13)4-2)20-16-8-6-5-7-14(16)10-12-18(20)23-24(21)22-17/h3-12,21H,1-2H2. The molecule has 0 radical (unpaired) electrons. The molecular weight excluding hydrogens is 319 g/mol. The molecule has 118 valence electrons. The molecule has 1 N–H and O–H groups in total. The second kappa shape index (κ2) is 5.72. The molecule has 4 aromatic rings. The molecule has 1 aromatic heterocycles. The van der Waals surface area contributed by atoms with Crippen molar-refractivity contribution in [2.45, 2.75) is 0 Å².